The van der Waals surface area contributed by atoms with E-state index in [9.17, 15) is 0 Å². The number of hydrogen-bond donors (Lipinski definition) is 2. The van der Waals surface area contributed by atoms with Gasteiger partial charge >= 0.3 is 0 Å². The third-order valence-corrected chi connectivity index (χ3v) is 3.74. The highest BCUT2D eigenvalue weighted by atomic mass is 15.0. The van der Waals surface area contributed by atoms with Crippen LogP contribution in [0.2, 0.25) is 0 Å². The van der Waals surface area contributed by atoms with Gasteiger partial charge in [0, 0.05) is 12.4 Å². The first-order chi connectivity index (χ1) is 7.12. The minimum atomic E-state index is -0.212. The molecule has 0 spiro atoms. The molecule has 1 heterocycles. The van der Waals surface area contributed by atoms with Crippen molar-refractivity contribution in [1.82, 2.24) is 9.97 Å². The Kier molecular flexibility index (Phi) is 2.83. The number of aromatic amines is 1. The quantitative estimate of drug-likeness (QED) is 0.782. The van der Waals surface area contributed by atoms with Crippen molar-refractivity contribution in [2.24, 2.45) is 17.6 Å². The fourth-order valence-corrected chi connectivity index (χ4v) is 2.67. The zero-order valence-corrected chi connectivity index (χ0v) is 9.66. The van der Waals surface area contributed by atoms with Gasteiger partial charge in [0.05, 0.1) is 5.54 Å². The van der Waals surface area contributed by atoms with Crippen molar-refractivity contribution in [3.63, 3.8) is 0 Å². The van der Waals surface area contributed by atoms with Crippen molar-refractivity contribution in [3.05, 3.63) is 18.2 Å². The summed E-state index contributed by atoms with van der Waals surface area (Å²) >= 11 is 0. The first kappa shape index (κ1) is 10.7. The molecule has 15 heavy (non-hydrogen) atoms. The highest BCUT2D eigenvalue weighted by molar-refractivity contribution is 5.07. The maximum Gasteiger partial charge on any atom is 0.126 e. The molecule has 2 unspecified atom stereocenters. The van der Waals surface area contributed by atoms with Crippen LogP contribution in [-0.2, 0) is 5.54 Å². The maximum absolute atomic E-state index is 6.46. The number of hydrogen-bond acceptors (Lipinski definition) is 2. The van der Waals surface area contributed by atoms with Crippen LogP contribution in [0.15, 0.2) is 12.4 Å². The number of rotatable bonds is 2. The number of nitrogens with one attached hydrogen (secondary N) is 1. The van der Waals surface area contributed by atoms with Gasteiger partial charge in [-0.2, -0.15) is 0 Å². The van der Waals surface area contributed by atoms with Gasteiger partial charge in [0.1, 0.15) is 5.82 Å². The van der Waals surface area contributed by atoms with Crippen molar-refractivity contribution in [1.29, 1.82) is 0 Å². The second-order valence-corrected chi connectivity index (χ2v) is 5.19. The van der Waals surface area contributed by atoms with Gasteiger partial charge in [-0.15, -0.1) is 0 Å². The van der Waals surface area contributed by atoms with Crippen LogP contribution in [0.4, 0.5) is 0 Å². The predicted molar refractivity (Wildman–Crippen MR) is 61.2 cm³/mol. The summed E-state index contributed by atoms with van der Waals surface area (Å²) in [5.41, 5.74) is 6.25. The van der Waals surface area contributed by atoms with Gasteiger partial charge in [-0.3, -0.25) is 0 Å². The molecule has 3 nitrogen and oxygen atoms in total. The highest BCUT2D eigenvalue weighted by Gasteiger charge is 2.37. The lowest BCUT2D eigenvalue weighted by Crippen LogP contribution is -2.43. The summed E-state index contributed by atoms with van der Waals surface area (Å²) in [5, 5.41) is 0. The second kappa shape index (κ2) is 3.97. The van der Waals surface area contributed by atoms with E-state index in [1.807, 2.05) is 6.20 Å². The molecule has 1 aromatic rings. The summed E-state index contributed by atoms with van der Waals surface area (Å²) in [6.45, 7) is 4.58. The summed E-state index contributed by atoms with van der Waals surface area (Å²) in [5.74, 6) is 2.44. The lowest BCUT2D eigenvalue weighted by atomic mass is 9.72. The normalized spacial score (nSPS) is 32.1. The van der Waals surface area contributed by atoms with E-state index >= 15 is 0 Å². The van der Waals surface area contributed by atoms with E-state index in [1.165, 1.54) is 12.8 Å². The van der Waals surface area contributed by atoms with Crippen LogP contribution in [0.5, 0.6) is 0 Å². The average Bonchev–Trinajstić information content (AvgIpc) is 2.71. The molecule has 2 rings (SSSR count). The molecular weight excluding hydrogens is 186 g/mol. The Morgan fingerprint density at radius 3 is 3.00 bits per heavy atom. The van der Waals surface area contributed by atoms with Crippen molar-refractivity contribution in [2.45, 2.75) is 45.1 Å². The molecule has 2 atom stereocenters. The Hall–Kier alpha value is -0.830. The zero-order chi connectivity index (χ0) is 10.9. The van der Waals surface area contributed by atoms with Gasteiger partial charge in [-0.1, -0.05) is 26.7 Å². The Morgan fingerprint density at radius 1 is 1.60 bits per heavy atom. The van der Waals surface area contributed by atoms with Crippen molar-refractivity contribution < 1.29 is 0 Å². The fraction of sp³-hybridized carbons (Fsp3) is 0.750. The van der Waals surface area contributed by atoms with Crippen LogP contribution >= 0.6 is 0 Å². The standard InChI is InChI=1S/C12H21N3/c1-9(2)10-4-3-5-12(13,8-10)11-14-6-7-15-11/h6-7,9-10H,3-5,8,13H2,1-2H3,(H,14,15). The molecular formula is C12H21N3. The van der Waals surface area contributed by atoms with Crippen LogP contribution < -0.4 is 5.73 Å². The topological polar surface area (TPSA) is 54.7 Å². The van der Waals surface area contributed by atoms with Crippen LogP contribution in [0, 0.1) is 11.8 Å². The summed E-state index contributed by atoms with van der Waals surface area (Å²) in [4.78, 5) is 7.50. The molecule has 1 saturated carbocycles. The smallest absolute Gasteiger partial charge is 0.126 e. The molecule has 3 N–H and O–H groups in total. The van der Waals surface area contributed by atoms with Gasteiger partial charge in [0.25, 0.3) is 0 Å². The number of nitrogens with two attached hydrogens (primary N) is 1. The molecule has 1 aliphatic carbocycles. The number of aromatic nitrogens is 2. The Labute approximate surface area is 91.5 Å². The number of H-pyrrole nitrogens is 1. The number of nitrogens with zero attached hydrogens (tertiary/aromatic N) is 1. The van der Waals surface area contributed by atoms with E-state index < -0.39 is 0 Å². The van der Waals surface area contributed by atoms with Crippen LogP contribution in [0.25, 0.3) is 0 Å². The molecule has 0 bridgehead atoms. The Morgan fingerprint density at radius 2 is 2.40 bits per heavy atom. The van der Waals surface area contributed by atoms with Gasteiger partial charge in [-0.25, -0.2) is 4.98 Å². The van der Waals surface area contributed by atoms with Crippen LogP contribution in [0.1, 0.15) is 45.4 Å². The maximum atomic E-state index is 6.46. The van der Waals surface area contributed by atoms with Crippen molar-refractivity contribution in [2.75, 3.05) is 0 Å². The van der Waals surface area contributed by atoms with E-state index in [4.69, 9.17) is 5.73 Å². The molecule has 1 aromatic heterocycles. The Balaban J connectivity index is 2.15. The van der Waals surface area contributed by atoms with Gasteiger partial charge in [-0.05, 0) is 24.7 Å². The first-order valence-electron chi connectivity index (χ1n) is 5.90. The van der Waals surface area contributed by atoms with Crippen molar-refractivity contribution in [3.8, 4) is 0 Å². The molecule has 0 radical (unpaired) electrons. The van der Waals surface area contributed by atoms with E-state index in [1.54, 1.807) is 6.20 Å². The second-order valence-electron chi connectivity index (χ2n) is 5.19. The average molecular weight is 207 g/mol. The molecule has 3 heteroatoms. The molecule has 1 aliphatic rings. The molecule has 0 aromatic carbocycles. The molecule has 0 saturated heterocycles. The highest BCUT2D eigenvalue weighted by Crippen LogP contribution is 2.39. The van der Waals surface area contributed by atoms with Gasteiger partial charge in [0.2, 0.25) is 0 Å². The molecule has 84 valence electrons. The lowest BCUT2D eigenvalue weighted by Gasteiger charge is -2.38. The van der Waals surface area contributed by atoms with Gasteiger partial charge < -0.3 is 10.7 Å². The minimum Gasteiger partial charge on any atom is -0.347 e. The molecule has 0 amide bonds. The van der Waals surface area contributed by atoms with E-state index in [2.05, 4.69) is 23.8 Å². The largest absolute Gasteiger partial charge is 0.347 e. The Bertz CT molecular complexity index is 305. The summed E-state index contributed by atoms with van der Waals surface area (Å²) in [6.07, 6.45) is 8.32. The van der Waals surface area contributed by atoms with Crippen molar-refractivity contribution >= 4 is 0 Å². The van der Waals surface area contributed by atoms with Crippen LogP contribution in [-0.4, -0.2) is 9.97 Å². The minimum absolute atomic E-state index is 0.212. The van der Waals surface area contributed by atoms with Crippen LogP contribution in [0.3, 0.4) is 0 Å². The predicted octanol–water partition coefficient (Wildman–Crippen LogP) is 2.41. The fourth-order valence-electron chi connectivity index (χ4n) is 2.67. The van der Waals surface area contributed by atoms with E-state index in [-0.39, 0.29) is 5.54 Å². The molecule has 0 aliphatic heterocycles. The van der Waals surface area contributed by atoms with Gasteiger partial charge in [0.15, 0.2) is 0 Å². The molecule has 1 fully saturated rings. The van der Waals surface area contributed by atoms with E-state index in [0.29, 0.717) is 0 Å². The lowest BCUT2D eigenvalue weighted by molar-refractivity contribution is 0.177. The first-order valence-corrected chi connectivity index (χ1v) is 5.90. The SMILES string of the molecule is CC(C)C1CCCC(N)(c2ncc[nH]2)C1. The monoisotopic (exact) mass is 207 g/mol. The zero-order valence-electron chi connectivity index (χ0n) is 9.66. The summed E-state index contributed by atoms with van der Waals surface area (Å²) in [6, 6.07) is 0. The third kappa shape index (κ3) is 2.07. The summed E-state index contributed by atoms with van der Waals surface area (Å²) < 4.78 is 0. The third-order valence-electron chi connectivity index (χ3n) is 3.74. The number of imidazole rings is 1. The summed E-state index contributed by atoms with van der Waals surface area (Å²) in [7, 11) is 0. The van der Waals surface area contributed by atoms with E-state index in [0.717, 1.165) is 30.5 Å².